The Morgan fingerprint density at radius 3 is 2.13 bits per heavy atom. The molecule has 0 aromatic heterocycles. The quantitative estimate of drug-likeness (QED) is 0.0997. The fraction of sp³-hybridized carbons (Fsp3) is 0.167. The van der Waals surface area contributed by atoms with Crippen LogP contribution in [-0.4, -0.2) is 22.0 Å². The molecule has 0 bridgehead atoms. The van der Waals surface area contributed by atoms with E-state index in [1.807, 2.05) is 0 Å². The van der Waals surface area contributed by atoms with E-state index in [4.69, 9.17) is 0 Å². The molecule has 0 aliphatic heterocycles. The van der Waals surface area contributed by atoms with E-state index in [9.17, 15) is 50.4 Å². The second kappa shape index (κ2) is 11.7. The van der Waals surface area contributed by atoms with E-state index >= 15 is 0 Å². The van der Waals surface area contributed by atoms with Crippen LogP contribution in [0.5, 0.6) is 0 Å². The zero-order valence-electron chi connectivity index (χ0n) is 19.5. The number of hydrogen-bond acceptors (Lipinski definition) is 5. The number of non-ortho nitro benzene ring substituents is 1. The van der Waals surface area contributed by atoms with Gasteiger partial charge < -0.3 is 10.6 Å². The predicted octanol–water partition coefficient (Wildman–Crippen LogP) is 6.93. The van der Waals surface area contributed by atoms with E-state index in [-0.39, 0.29) is 23.4 Å². The lowest BCUT2D eigenvalue weighted by Crippen LogP contribution is -2.27. The molecule has 0 heterocycles. The van der Waals surface area contributed by atoms with Gasteiger partial charge in [0, 0.05) is 28.3 Å². The summed E-state index contributed by atoms with van der Waals surface area (Å²) in [5.74, 6) is -12.1. The Morgan fingerprint density at radius 1 is 0.949 bits per heavy atom. The van der Waals surface area contributed by atoms with Gasteiger partial charge in [-0.25, -0.2) is 17.6 Å². The number of nitrogens with one attached hydrogen (secondary N) is 2. The van der Waals surface area contributed by atoms with Crippen LogP contribution in [0, 0.1) is 33.4 Å². The normalized spacial score (nSPS) is 12.1. The van der Waals surface area contributed by atoms with Crippen molar-refractivity contribution in [1.29, 1.82) is 0 Å². The smallest absolute Gasteiger partial charge is 0.322 e. The van der Waals surface area contributed by atoms with Crippen LogP contribution < -0.4 is 10.6 Å². The van der Waals surface area contributed by atoms with Crippen LogP contribution in [0.2, 0.25) is 0 Å². The van der Waals surface area contributed by atoms with Crippen LogP contribution in [0.3, 0.4) is 0 Å². The highest BCUT2D eigenvalue weighted by molar-refractivity contribution is 8.00. The molecule has 0 spiro atoms. The van der Waals surface area contributed by atoms with Crippen LogP contribution in [0.25, 0.3) is 0 Å². The Hall–Kier alpha value is -4.14. The molecule has 15 heteroatoms. The Bertz CT molecular complexity index is 1420. The van der Waals surface area contributed by atoms with Crippen molar-refractivity contribution in [3.63, 3.8) is 0 Å². The third kappa shape index (κ3) is 6.66. The first kappa shape index (κ1) is 29.4. The Morgan fingerprint density at radius 2 is 1.56 bits per heavy atom. The number of hydrogen-bond donors (Lipinski definition) is 2. The number of rotatable bonds is 8. The molecule has 0 saturated heterocycles. The van der Waals surface area contributed by atoms with Gasteiger partial charge in [0.25, 0.3) is 11.6 Å². The summed E-state index contributed by atoms with van der Waals surface area (Å²) in [4.78, 5) is 35.7. The summed E-state index contributed by atoms with van der Waals surface area (Å²) in [6, 6.07) is 10.8. The maximum Gasteiger partial charge on any atom is 0.422 e. The van der Waals surface area contributed by atoms with Crippen molar-refractivity contribution in [1.82, 2.24) is 0 Å². The summed E-state index contributed by atoms with van der Waals surface area (Å²) < 4.78 is 94.5. The fourth-order valence-electron chi connectivity index (χ4n) is 3.29. The first-order chi connectivity index (χ1) is 18.2. The van der Waals surface area contributed by atoms with Gasteiger partial charge in [0.15, 0.2) is 23.3 Å². The van der Waals surface area contributed by atoms with Crippen molar-refractivity contribution in [3.05, 3.63) is 93.0 Å². The van der Waals surface area contributed by atoms with Gasteiger partial charge in [0.1, 0.15) is 11.3 Å². The zero-order chi connectivity index (χ0) is 29.1. The van der Waals surface area contributed by atoms with Crippen molar-refractivity contribution in [2.75, 3.05) is 10.6 Å². The van der Waals surface area contributed by atoms with Gasteiger partial charge in [-0.3, -0.25) is 19.7 Å². The first-order valence-electron chi connectivity index (χ1n) is 10.8. The minimum atomic E-state index is -5.73. The van der Waals surface area contributed by atoms with Crippen LogP contribution in [0.1, 0.15) is 29.3 Å². The first-order valence-corrected chi connectivity index (χ1v) is 11.7. The number of amides is 2. The molecule has 0 fully saturated rings. The molecule has 0 aliphatic rings. The number of anilines is 2. The number of halogens is 7. The fourth-order valence-corrected chi connectivity index (χ4v) is 4.30. The van der Waals surface area contributed by atoms with Gasteiger partial charge in [0.05, 0.1) is 10.2 Å². The zero-order valence-corrected chi connectivity index (χ0v) is 20.4. The number of benzene rings is 3. The number of thioether (sulfide) groups is 1. The van der Waals surface area contributed by atoms with Gasteiger partial charge in [-0.05, 0) is 30.7 Å². The third-order valence-corrected chi connectivity index (χ3v) is 6.51. The molecule has 206 valence electrons. The number of carbonyl (C=O) groups excluding carboxylic acids is 2. The van der Waals surface area contributed by atoms with Crippen molar-refractivity contribution in [3.8, 4) is 0 Å². The molecular formula is C24H16F7N3O4S. The molecule has 1 unspecified atom stereocenters. The lowest BCUT2D eigenvalue weighted by Gasteiger charge is -2.18. The topological polar surface area (TPSA) is 101 Å². The maximum atomic E-state index is 14.2. The molecule has 3 aromatic carbocycles. The summed E-state index contributed by atoms with van der Waals surface area (Å²) >= 11 is 0.822. The second-order valence-electron chi connectivity index (χ2n) is 7.80. The summed E-state index contributed by atoms with van der Waals surface area (Å²) in [5.41, 5.74) is -4.56. The predicted molar refractivity (Wildman–Crippen MR) is 127 cm³/mol. The van der Waals surface area contributed by atoms with Crippen molar-refractivity contribution in [2.45, 2.75) is 29.7 Å². The minimum Gasteiger partial charge on any atom is -0.322 e. The largest absolute Gasteiger partial charge is 0.422 e. The Kier molecular flexibility index (Phi) is 8.84. The van der Waals surface area contributed by atoms with E-state index in [1.54, 1.807) is 5.32 Å². The van der Waals surface area contributed by atoms with Crippen LogP contribution in [0.15, 0.2) is 53.4 Å². The van der Waals surface area contributed by atoms with Gasteiger partial charge in [0.2, 0.25) is 5.91 Å². The lowest BCUT2D eigenvalue weighted by atomic mass is 10.1. The summed E-state index contributed by atoms with van der Waals surface area (Å²) in [6.45, 7) is 1.49. The van der Waals surface area contributed by atoms with Crippen molar-refractivity contribution < 1.29 is 45.2 Å². The summed E-state index contributed by atoms with van der Waals surface area (Å²) in [7, 11) is 0. The molecule has 2 amide bonds. The molecule has 0 saturated carbocycles. The standard InChI is InChI=1S/C24H16F7N3O4S/c1-2-15(23(36)33-21-19(27)17(25)16(24(29,30)31)18(26)20(21)28)39-14-8-4-6-12(10-14)32-22(35)11-5-3-7-13(9-11)34(37)38/h3-10,15H,2H2,1H3,(H,32,35)(H,33,36). The van der Waals surface area contributed by atoms with E-state index in [2.05, 4.69) is 5.32 Å². The Balaban J connectivity index is 1.78. The van der Waals surface area contributed by atoms with Crippen molar-refractivity contribution >= 4 is 40.6 Å². The Labute approximate surface area is 219 Å². The van der Waals surface area contributed by atoms with Crippen LogP contribution in [-0.2, 0) is 11.0 Å². The minimum absolute atomic E-state index is 0.00636. The average molecular weight is 575 g/mol. The third-order valence-electron chi connectivity index (χ3n) is 5.15. The highest BCUT2D eigenvalue weighted by atomic mass is 32.2. The van der Waals surface area contributed by atoms with Crippen LogP contribution in [0.4, 0.5) is 47.8 Å². The highest BCUT2D eigenvalue weighted by Crippen LogP contribution is 2.39. The van der Waals surface area contributed by atoms with Crippen LogP contribution >= 0.6 is 11.8 Å². The van der Waals surface area contributed by atoms with E-state index < -0.39 is 62.7 Å². The molecule has 3 rings (SSSR count). The van der Waals surface area contributed by atoms with E-state index in [0.29, 0.717) is 4.90 Å². The van der Waals surface area contributed by atoms with Gasteiger partial charge >= 0.3 is 6.18 Å². The molecule has 1 atom stereocenters. The number of nitrogens with zero attached hydrogens (tertiary/aromatic N) is 1. The molecular weight excluding hydrogens is 559 g/mol. The number of nitro groups is 1. The van der Waals surface area contributed by atoms with Crippen molar-refractivity contribution in [2.24, 2.45) is 0 Å². The van der Waals surface area contributed by atoms with E-state index in [0.717, 1.165) is 17.8 Å². The molecule has 39 heavy (non-hydrogen) atoms. The van der Waals surface area contributed by atoms with Gasteiger partial charge in [-0.1, -0.05) is 19.1 Å². The molecule has 3 aromatic rings. The molecule has 2 N–H and O–H groups in total. The molecule has 0 aliphatic carbocycles. The van der Waals surface area contributed by atoms with E-state index in [1.165, 1.54) is 49.4 Å². The monoisotopic (exact) mass is 575 g/mol. The summed E-state index contributed by atoms with van der Waals surface area (Å²) in [5, 5.41) is 13.9. The molecule has 0 radical (unpaired) electrons. The summed E-state index contributed by atoms with van der Waals surface area (Å²) in [6.07, 6.45) is -5.72. The molecule has 7 nitrogen and oxygen atoms in total. The number of nitro benzene ring substituents is 1. The lowest BCUT2D eigenvalue weighted by molar-refractivity contribution is -0.384. The SMILES string of the molecule is CCC(Sc1cccc(NC(=O)c2cccc([N+](=O)[O-])c2)c1)C(=O)Nc1c(F)c(F)c(C(F)(F)F)c(F)c1F. The average Bonchev–Trinajstić information content (AvgIpc) is 2.88. The number of alkyl halides is 3. The highest BCUT2D eigenvalue weighted by Gasteiger charge is 2.42. The van der Waals surface area contributed by atoms with Gasteiger partial charge in [-0.2, -0.15) is 13.2 Å². The number of carbonyl (C=O) groups is 2. The maximum absolute atomic E-state index is 14.2. The second-order valence-corrected chi connectivity index (χ2v) is 9.07. The van der Waals surface area contributed by atoms with Gasteiger partial charge in [-0.15, -0.1) is 11.8 Å².